The average molecular weight is 393 g/mol. The highest BCUT2D eigenvalue weighted by atomic mass is 32.2. The molecule has 0 aliphatic carbocycles. The molecule has 1 amide bonds. The van der Waals surface area contributed by atoms with Crippen molar-refractivity contribution in [2.45, 2.75) is 49.9 Å². The second-order valence-electron chi connectivity index (χ2n) is 6.53. The zero-order valence-corrected chi connectivity index (χ0v) is 16.7. The van der Waals surface area contributed by atoms with Gasteiger partial charge in [-0.3, -0.25) is 4.79 Å². The van der Waals surface area contributed by atoms with Gasteiger partial charge in [0.25, 0.3) is 10.0 Å². The van der Waals surface area contributed by atoms with Crippen molar-refractivity contribution in [2.24, 2.45) is 0 Å². The molecule has 1 aliphatic rings. The fraction of sp³-hybridized carbons (Fsp3) is 0.421. The molecule has 2 heterocycles. The lowest BCUT2D eigenvalue weighted by molar-refractivity contribution is -0.124. The number of aryl methyl sites for hydroxylation is 2. The molecule has 0 spiro atoms. The van der Waals surface area contributed by atoms with Crippen LogP contribution in [0.4, 0.5) is 0 Å². The molecule has 1 fully saturated rings. The van der Waals surface area contributed by atoms with Gasteiger partial charge in [0.2, 0.25) is 5.91 Å². The van der Waals surface area contributed by atoms with Gasteiger partial charge in [-0.05, 0) is 49.4 Å². The predicted molar refractivity (Wildman–Crippen MR) is 104 cm³/mol. The second-order valence-corrected chi connectivity index (χ2v) is 9.93. The smallest absolute Gasteiger partial charge is 0.253 e. The summed E-state index contributed by atoms with van der Waals surface area (Å²) in [7, 11) is -3.61. The third kappa shape index (κ3) is 4.00. The van der Waals surface area contributed by atoms with E-state index in [1.54, 1.807) is 12.1 Å². The summed E-state index contributed by atoms with van der Waals surface area (Å²) in [5.74, 6) is -0.223. The highest BCUT2D eigenvalue weighted by Gasteiger charge is 2.39. The van der Waals surface area contributed by atoms with Crippen molar-refractivity contribution >= 4 is 27.3 Å². The van der Waals surface area contributed by atoms with Crippen LogP contribution in [0.3, 0.4) is 0 Å². The van der Waals surface area contributed by atoms with Crippen LogP contribution in [0.5, 0.6) is 0 Å². The van der Waals surface area contributed by atoms with E-state index in [2.05, 4.69) is 12.2 Å². The lowest BCUT2D eigenvalue weighted by Crippen LogP contribution is -2.45. The first-order chi connectivity index (χ1) is 12.4. The normalized spacial score (nSPS) is 18.2. The molecule has 7 heteroatoms. The molecule has 1 N–H and O–H groups in total. The van der Waals surface area contributed by atoms with Crippen molar-refractivity contribution in [1.82, 2.24) is 9.62 Å². The third-order valence-electron chi connectivity index (χ3n) is 4.68. The molecule has 1 atom stereocenters. The Morgan fingerprint density at radius 2 is 1.88 bits per heavy atom. The first kappa shape index (κ1) is 19.1. The van der Waals surface area contributed by atoms with Gasteiger partial charge in [0, 0.05) is 18.0 Å². The topological polar surface area (TPSA) is 66.5 Å². The largest absolute Gasteiger partial charge is 0.351 e. The maximum absolute atomic E-state index is 12.9. The van der Waals surface area contributed by atoms with Crippen LogP contribution < -0.4 is 5.32 Å². The molecule has 140 valence electrons. The van der Waals surface area contributed by atoms with Gasteiger partial charge in [-0.25, -0.2) is 8.42 Å². The van der Waals surface area contributed by atoms with E-state index in [1.165, 1.54) is 21.2 Å². The summed E-state index contributed by atoms with van der Waals surface area (Å²) < 4.78 is 27.4. The zero-order chi connectivity index (χ0) is 18.7. The highest BCUT2D eigenvalue weighted by Crippen LogP contribution is 2.30. The Bertz CT molecular complexity index is 872. The van der Waals surface area contributed by atoms with Crippen LogP contribution in [0.2, 0.25) is 0 Å². The minimum absolute atomic E-state index is 0.223. The molecule has 2 aromatic rings. The van der Waals surface area contributed by atoms with Crippen molar-refractivity contribution in [2.75, 3.05) is 6.54 Å². The summed E-state index contributed by atoms with van der Waals surface area (Å²) in [4.78, 5) is 13.6. The number of rotatable bonds is 6. The quantitative estimate of drug-likeness (QED) is 0.821. The van der Waals surface area contributed by atoms with Crippen LogP contribution >= 0.6 is 11.3 Å². The highest BCUT2D eigenvalue weighted by molar-refractivity contribution is 7.91. The van der Waals surface area contributed by atoms with E-state index in [4.69, 9.17) is 0 Å². The van der Waals surface area contributed by atoms with Gasteiger partial charge in [-0.2, -0.15) is 4.31 Å². The molecule has 5 nitrogen and oxygen atoms in total. The van der Waals surface area contributed by atoms with E-state index in [9.17, 15) is 13.2 Å². The molecule has 0 radical (unpaired) electrons. The Morgan fingerprint density at radius 1 is 1.19 bits per heavy atom. The van der Waals surface area contributed by atoms with Gasteiger partial charge in [0.1, 0.15) is 10.3 Å². The lowest BCUT2D eigenvalue weighted by atomic mass is 10.1. The second kappa shape index (κ2) is 7.90. The zero-order valence-electron chi connectivity index (χ0n) is 15.1. The van der Waals surface area contributed by atoms with Crippen molar-refractivity contribution < 1.29 is 13.2 Å². The van der Waals surface area contributed by atoms with Crippen LogP contribution in [0.15, 0.2) is 40.6 Å². The maximum atomic E-state index is 12.9. The molecular weight excluding hydrogens is 368 g/mol. The van der Waals surface area contributed by atoms with E-state index >= 15 is 0 Å². The van der Waals surface area contributed by atoms with Crippen LogP contribution in [0.25, 0.3) is 0 Å². The number of nitrogens with zero attached hydrogens (tertiary/aromatic N) is 1. The Balaban J connectivity index is 1.68. The summed E-state index contributed by atoms with van der Waals surface area (Å²) in [5, 5.41) is 2.90. The van der Waals surface area contributed by atoms with Gasteiger partial charge in [-0.15, -0.1) is 11.3 Å². The van der Waals surface area contributed by atoms with Crippen molar-refractivity contribution in [1.29, 1.82) is 0 Å². The molecule has 3 rings (SSSR count). The first-order valence-electron chi connectivity index (χ1n) is 8.85. The van der Waals surface area contributed by atoms with Crippen LogP contribution in [0, 0.1) is 6.92 Å². The fourth-order valence-electron chi connectivity index (χ4n) is 3.16. The molecule has 0 saturated carbocycles. The number of carbonyl (C=O) groups is 1. The fourth-order valence-corrected chi connectivity index (χ4v) is 6.23. The Kier molecular flexibility index (Phi) is 5.79. The van der Waals surface area contributed by atoms with Crippen molar-refractivity contribution in [3.8, 4) is 0 Å². The van der Waals surface area contributed by atoms with Gasteiger partial charge in [0.15, 0.2) is 0 Å². The lowest BCUT2D eigenvalue weighted by Gasteiger charge is -2.22. The SMILES string of the molecule is CCc1ccc(CNC(=O)[C@@H]2CCCN2S(=O)(=O)c2ccc(C)s2)cc1. The van der Waals surface area contributed by atoms with E-state index < -0.39 is 16.1 Å². The number of amides is 1. The van der Waals surface area contributed by atoms with Gasteiger partial charge in [0.05, 0.1) is 0 Å². The summed E-state index contributed by atoms with van der Waals surface area (Å²) in [6, 6.07) is 10.9. The number of hydrogen-bond acceptors (Lipinski definition) is 4. The standard InChI is InChI=1S/C19H24N2O3S2/c1-3-15-7-9-16(10-8-15)13-20-19(22)17-5-4-12-21(17)26(23,24)18-11-6-14(2)25-18/h6-11,17H,3-5,12-13H2,1-2H3,(H,20,22)/t17-/m0/s1. The molecule has 1 aromatic heterocycles. The van der Waals surface area contributed by atoms with E-state index in [-0.39, 0.29) is 5.91 Å². The van der Waals surface area contributed by atoms with Gasteiger partial charge < -0.3 is 5.32 Å². The maximum Gasteiger partial charge on any atom is 0.253 e. The Hall–Kier alpha value is -1.70. The number of carbonyl (C=O) groups excluding carboxylic acids is 1. The molecule has 1 aromatic carbocycles. The van der Waals surface area contributed by atoms with Crippen LogP contribution in [-0.2, 0) is 27.8 Å². The van der Waals surface area contributed by atoms with E-state index in [0.717, 1.165) is 16.9 Å². The van der Waals surface area contributed by atoms with Crippen molar-refractivity contribution in [3.63, 3.8) is 0 Å². The van der Waals surface area contributed by atoms with Crippen LogP contribution in [-0.4, -0.2) is 31.2 Å². The molecule has 26 heavy (non-hydrogen) atoms. The predicted octanol–water partition coefficient (Wildman–Crippen LogP) is 3.09. The third-order valence-corrected chi connectivity index (χ3v) is 8.06. The van der Waals surface area contributed by atoms with E-state index in [1.807, 2.05) is 31.2 Å². The average Bonchev–Trinajstić information content (AvgIpc) is 3.30. The molecular formula is C19H24N2O3S2. The molecule has 1 saturated heterocycles. The summed E-state index contributed by atoms with van der Waals surface area (Å²) in [6.07, 6.45) is 2.24. The minimum atomic E-state index is -3.61. The van der Waals surface area contributed by atoms with E-state index in [0.29, 0.717) is 30.1 Å². The summed E-state index contributed by atoms with van der Waals surface area (Å²) in [6.45, 7) is 4.77. The first-order valence-corrected chi connectivity index (χ1v) is 11.1. The number of benzene rings is 1. The molecule has 0 bridgehead atoms. The van der Waals surface area contributed by atoms with Gasteiger partial charge >= 0.3 is 0 Å². The van der Waals surface area contributed by atoms with Gasteiger partial charge in [-0.1, -0.05) is 31.2 Å². The summed E-state index contributed by atoms with van der Waals surface area (Å²) in [5.41, 5.74) is 2.26. The van der Waals surface area contributed by atoms with Crippen LogP contribution in [0.1, 0.15) is 35.8 Å². The monoisotopic (exact) mass is 392 g/mol. The number of nitrogens with one attached hydrogen (secondary N) is 1. The number of hydrogen-bond donors (Lipinski definition) is 1. The molecule has 0 unspecified atom stereocenters. The summed E-state index contributed by atoms with van der Waals surface area (Å²) >= 11 is 1.25. The molecule has 1 aliphatic heterocycles. The Morgan fingerprint density at radius 3 is 2.50 bits per heavy atom. The minimum Gasteiger partial charge on any atom is -0.351 e. The number of thiophene rings is 1. The number of sulfonamides is 1. The van der Waals surface area contributed by atoms with Crippen molar-refractivity contribution in [3.05, 3.63) is 52.4 Å². The Labute approximate surface area is 159 Å².